The van der Waals surface area contributed by atoms with Crippen molar-refractivity contribution in [1.29, 1.82) is 0 Å². The highest BCUT2D eigenvalue weighted by atomic mass is 32.2. The minimum Gasteiger partial charge on any atom is -0.368 e. The van der Waals surface area contributed by atoms with E-state index in [-0.39, 0.29) is 23.5 Å². The Labute approximate surface area is 126 Å². The summed E-state index contributed by atoms with van der Waals surface area (Å²) in [6, 6.07) is 0. The topological polar surface area (TPSA) is 88.2 Å². The summed E-state index contributed by atoms with van der Waals surface area (Å²) in [4.78, 5) is 6.57. The van der Waals surface area contributed by atoms with Gasteiger partial charge in [0.15, 0.2) is 21.5 Å². The van der Waals surface area contributed by atoms with Crippen molar-refractivity contribution in [3.05, 3.63) is 11.6 Å². The van der Waals surface area contributed by atoms with Gasteiger partial charge in [0.05, 0.1) is 12.4 Å². The second kappa shape index (κ2) is 6.85. The van der Waals surface area contributed by atoms with Gasteiger partial charge in [-0.15, -0.1) is 0 Å². The van der Waals surface area contributed by atoms with Crippen LogP contribution in [0.25, 0.3) is 0 Å². The van der Waals surface area contributed by atoms with Gasteiger partial charge in [-0.25, -0.2) is 13.4 Å². The summed E-state index contributed by atoms with van der Waals surface area (Å²) in [7, 11) is -2.93. The summed E-state index contributed by atoms with van der Waals surface area (Å²) in [5.41, 5.74) is 0. The Morgan fingerprint density at radius 3 is 2.86 bits per heavy atom. The van der Waals surface area contributed by atoms with Gasteiger partial charge in [0.2, 0.25) is 0 Å². The normalized spacial score (nSPS) is 21.0. The number of nitrogens with zero attached hydrogens (tertiary/aromatic N) is 3. The zero-order chi connectivity index (χ0) is 15.5. The molecule has 1 aliphatic rings. The van der Waals surface area contributed by atoms with Gasteiger partial charge in [0.1, 0.15) is 6.10 Å². The molecule has 0 bridgehead atoms. The summed E-state index contributed by atoms with van der Waals surface area (Å²) in [5.74, 6) is 2.16. The van der Waals surface area contributed by atoms with Crippen molar-refractivity contribution < 1.29 is 13.2 Å². The Morgan fingerprint density at radius 1 is 1.48 bits per heavy atom. The lowest BCUT2D eigenvalue weighted by molar-refractivity contribution is -0.0321. The molecule has 120 valence electrons. The van der Waals surface area contributed by atoms with Crippen molar-refractivity contribution in [2.24, 2.45) is 0 Å². The molecule has 2 rings (SSSR count). The number of morpholine rings is 1. The monoisotopic (exact) mass is 316 g/mol. The number of hydrogen-bond donors (Lipinski definition) is 1. The van der Waals surface area contributed by atoms with Gasteiger partial charge in [-0.2, -0.15) is 5.10 Å². The van der Waals surface area contributed by atoms with Crippen LogP contribution in [0.5, 0.6) is 0 Å². The number of sulfone groups is 1. The average molecular weight is 316 g/mol. The predicted molar refractivity (Wildman–Crippen MR) is 79.9 cm³/mol. The SMILES string of the molecule is CCS(=O)(=O)CCN1CCO[C@@H](c2nc(C(C)C)n[nH]2)C1. The highest BCUT2D eigenvalue weighted by Gasteiger charge is 2.25. The molecule has 8 heteroatoms. The van der Waals surface area contributed by atoms with Crippen LogP contribution >= 0.6 is 0 Å². The summed E-state index contributed by atoms with van der Waals surface area (Å²) in [6.07, 6.45) is -0.164. The molecule has 1 aromatic rings. The fourth-order valence-corrected chi connectivity index (χ4v) is 3.00. The molecule has 0 unspecified atom stereocenters. The molecule has 1 aromatic heterocycles. The highest BCUT2D eigenvalue weighted by molar-refractivity contribution is 7.91. The number of nitrogens with one attached hydrogen (secondary N) is 1. The first-order chi connectivity index (χ1) is 9.91. The molecule has 1 saturated heterocycles. The van der Waals surface area contributed by atoms with Crippen molar-refractivity contribution in [2.75, 3.05) is 37.7 Å². The Balaban J connectivity index is 1.94. The van der Waals surface area contributed by atoms with Crippen LogP contribution < -0.4 is 0 Å². The molecule has 0 amide bonds. The molecule has 21 heavy (non-hydrogen) atoms. The van der Waals surface area contributed by atoms with Crippen molar-refractivity contribution in [1.82, 2.24) is 20.1 Å². The van der Waals surface area contributed by atoms with Gasteiger partial charge in [0, 0.05) is 31.3 Å². The smallest absolute Gasteiger partial charge is 0.155 e. The van der Waals surface area contributed by atoms with Crippen LogP contribution in [0.4, 0.5) is 0 Å². The predicted octanol–water partition coefficient (Wildman–Crippen LogP) is 0.736. The summed E-state index contributed by atoms with van der Waals surface area (Å²) in [5, 5.41) is 7.11. The molecule has 1 atom stereocenters. The second-order valence-electron chi connectivity index (χ2n) is 5.63. The number of aromatic nitrogens is 3. The first-order valence-corrected chi connectivity index (χ1v) is 9.20. The van der Waals surface area contributed by atoms with Crippen molar-refractivity contribution in [3.8, 4) is 0 Å². The van der Waals surface area contributed by atoms with Crippen molar-refractivity contribution >= 4 is 9.84 Å². The van der Waals surface area contributed by atoms with Crippen molar-refractivity contribution in [2.45, 2.75) is 32.8 Å². The largest absolute Gasteiger partial charge is 0.368 e. The average Bonchev–Trinajstić information content (AvgIpc) is 2.96. The number of ether oxygens (including phenoxy) is 1. The first kappa shape index (κ1) is 16.4. The lowest BCUT2D eigenvalue weighted by Crippen LogP contribution is -2.41. The molecule has 2 heterocycles. The lowest BCUT2D eigenvalue weighted by Gasteiger charge is -2.31. The third-order valence-corrected chi connectivity index (χ3v) is 5.33. The molecule has 0 aliphatic carbocycles. The van der Waals surface area contributed by atoms with Crippen LogP contribution in [0, 0.1) is 0 Å². The van der Waals surface area contributed by atoms with E-state index in [2.05, 4.69) is 20.1 Å². The number of hydrogen-bond acceptors (Lipinski definition) is 6. The van der Waals surface area contributed by atoms with Crippen LogP contribution in [0.3, 0.4) is 0 Å². The van der Waals surface area contributed by atoms with E-state index in [1.807, 2.05) is 13.8 Å². The molecule has 0 spiro atoms. The van der Waals surface area contributed by atoms with Gasteiger partial charge in [-0.05, 0) is 0 Å². The van der Waals surface area contributed by atoms with E-state index in [0.29, 0.717) is 19.7 Å². The molecule has 0 aromatic carbocycles. The third kappa shape index (κ3) is 4.49. The fourth-order valence-electron chi connectivity index (χ4n) is 2.17. The Bertz CT molecular complexity index is 556. The molecule has 1 fully saturated rings. The maximum atomic E-state index is 11.6. The van der Waals surface area contributed by atoms with E-state index in [4.69, 9.17) is 4.74 Å². The summed E-state index contributed by atoms with van der Waals surface area (Å²) >= 11 is 0. The fraction of sp³-hybridized carbons (Fsp3) is 0.846. The number of H-pyrrole nitrogens is 1. The van der Waals surface area contributed by atoms with E-state index in [1.165, 1.54) is 0 Å². The number of rotatable bonds is 6. The summed E-state index contributed by atoms with van der Waals surface area (Å²) in [6.45, 7) is 8.27. The lowest BCUT2D eigenvalue weighted by atomic mass is 10.2. The number of aromatic amines is 1. The van der Waals surface area contributed by atoms with Crippen molar-refractivity contribution in [3.63, 3.8) is 0 Å². The molecule has 1 N–H and O–H groups in total. The van der Waals surface area contributed by atoms with Crippen LogP contribution in [-0.4, -0.2) is 66.2 Å². The molecule has 1 aliphatic heterocycles. The Morgan fingerprint density at radius 2 is 2.24 bits per heavy atom. The van der Waals surface area contributed by atoms with Gasteiger partial charge in [-0.1, -0.05) is 20.8 Å². The van der Waals surface area contributed by atoms with E-state index in [0.717, 1.165) is 18.2 Å². The minimum atomic E-state index is -2.93. The maximum Gasteiger partial charge on any atom is 0.155 e. The molecular formula is C13H24N4O3S. The second-order valence-corrected chi connectivity index (χ2v) is 8.10. The van der Waals surface area contributed by atoms with Crippen LogP contribution in [0.2, 0.25) is 0 Å². The zero-order valence-corrected chi connectivity index (χ0v) is 13.7. The van der Waals surface area contributed by atoms with Crippen LogP contribution in [0.15, 0.2) is 0 Å². The van der Waals surface area contributed by atoms with Gasteiger partial charge < -0.3 is 4.74 Å². The van der Waals surface area contributed by atoms with Crippen LogP contribution in [0.1, 0.15) is 44.4 Å². The zero-order valence-electron chi connectivity index (χ0n) is 12.9. The molecule has 0 saturated carbocycles. The van der Waals surface area contributed by atoms with E-state index < -0.39 is 9.84 Å². The third-order valence-electron chi connectivity index (χ3n) is 3.65. The van der Waals surface area contributed by atoms with Gasteiger partial charge in [-0.3, -0.25) is 10.00 Å². The summed E-state index contributed by atoms with van der Waals surface area (Å²) < 4.78 is 28.9. The minimum absolute atomic E-state index is 0.164. The Kier molecular flexibility index (Phi) is 5.34. The van der Waals surface area contributed by atoms with Gasteiger partial charge >= 0.3 is 0 Å². The maximum absolute atomic E-state index is 11.6. The Hall–Kier alpha value is -0.990. The van der Waals surface area contributed by atoms with E-state index in [1.54, 1.807) is 6.92 Å². The standard InChI is InChI=1S/C13H24N4O3S/c1-4-21(18,19)8-6-17-5-7-20-11(9-17)13-14-12(10(2)3)15-16-13/h10-11H,4-9H2,1-3H3,(H,14,15,16)/t11-/m1/s1. The quantitative estimate of drug-likeness (QED) is 0.832. The van der Waals surface area contributed by atoms with E-state index in [9.17, 15) is 8.42 Å². The highest BCUT2D eigenvalue weighted by Crippen LogP contribution is 2.20. The molecular weight excluding hydrogens is 292 g/mol. The van der Waals surface area contributed by atoms with Crippen LogP contribution in [-0.2, 0) is 14.6 Å². The van der Waals surface area contributed by atoms with Gasteiger partial charge in [0.25, 0.3) is 0 Å². The first-order valence-electron chi connectivity index (χ1n) is 7.38. The molecule has 0 radical (unpaired) electrons. The van der Waals surface area contributed by atoms with E-state index >= 15 is 0 Å². The molecule has 7 nitrogen and oxygen atoms in total.